The van der Waals surface area contributed by atoms with E-state index in [2.05, 4.69) is 5.32 Å². The summed E-state index contributed by atoms with van der Waals surface area (Å²) < 4.78 is 34.4. The highest BCUT2D eigenvalue weighted by atomic mass is 35.5. The molecule has 3 aromatic rings. The minimum Gasteiger partial charge on any atom is -0.494 e. The highest BCUT2D eigenvalue weighted by Gasteiger charge is 2.32. The number of aryl methyl sites for hydroxylation is 1. The average Bonchev–Trinajstić information content (AvgIpc) is 2.94. The van der Waals surface area contributed by atoms with E-state index in [1.165, 1.54) is 17.0 Å². The van der Waals surface area contributed by atoms with Gasteiger partial charge in [0, 0.05) is 23.1 Å². The summed E-state index contributed by atoms with van der Waals surface area (Å²) in [5.41, 5.74) is 1.81. The first-order valence-corrected chi connectivity index (χ1v) is 15.5. The van der Waals surface area contributed by atoms with Crippen molar-refractivity contribution in [3.05, 3.63) is 87.9 Å². The molecule has 11 heteroatoms. The lowest BCUT2D eigenvalue weighted by molar-refractivity contribution is -0.139. The molecule has 0 fully saturated rings. The van der Waals surface area contributed by atoms with E-state index in [1.807, 2.05) is 20.8 Å². The van der Waals surface area contributed by atoms with E-state index in [1.54, 1.807) is 61.5 Å². The lowest BCUT2D eigenvalue weighted by atomic mass is 10.1. The maximum atomic E-state index is 14.0. The van der Waals surface area contributed by atoms with Gasteiger partial charge in [0.25, 0.3) is 10.0 Å². The molecule has 0 aliphatic carbocycles. The van der Waals surface area contributed by atoms with Crippen molar-refractivity contribution in [1.29, 1.82) is 0 Å². The predicted molar refractivity (Wildman–Crippen MR) is 163 cm³/mol. The molecule has 8 nitrogen and oxygen atoms in total. The van der Waals surface area contributed by atoms with Gasteiger partial charge in [-0.15, -0.1) is 0 Å². The van der Waals surface area contributed by atoms with Crippen molar-refractivity contribution in [2.75, 3.05) is 24.0 Å². The summed E-state index contributed by atoms with van der Waals surface area (Å²) in [6.45, 7) is 7.55. The lowest BCUT2D eigenvalue weighted by Gasteiger charge is -2.32. The van der Waals surface area contributed by atoms with Gasteiger partial charge in [-0.25, -0.2) is 8.42 Å². The van der Waals surface area contributed by atoms with E-state index >= 15 is 0 Å². The second kappa shape index (κ2) is 14.6. The van der Waals surface area contributed by atoms with Gasteiger partial charge in [0.1, 0.15) is 18.3 Å². The van der Waals surface area contributed by atoms with Crippen LogP contribution >= 0.6 is 23.2 Å². The highest BCUT2D eigenvalue weighted by molar-refractivity contribution is 7.92. The third-order valence-corrected chi connectivity index (χ3v) is 8.77. The Hall–Kier alpha value is -3.27. The normalized spacial score (nSPS) is 12.0. The molecule has 0 saturated heterocycles. The van der Waals surface area contributed by atoms with Gasteiger partial charge in [-0.1, -0.05) is 53.9 Å². The molecule has 1 N–H and O–H groups in total. The first-order chi connectivity index (χ1) is 19.5. The monoisotopic (exact) mass is 619 g/mol. The fourth-order valence-electron chi connectivity index (χ4n) is 4.05. The van der Waals surface area contributed by atoms with Crippen LogP contribution in [0.1, 0.15) is 38.3 Å². The van der Waals surface area contributed by atoms with E-state index in [-0.39, 0.29) is 17.3 Å². The van der Waals surface area contributed by atoms with Crippen LogP contribution in [-0.4, -0.2) is 50.9 Å². The Morgan fingerprint density at radius 2 is 1.63 bits per heavy atom. The summed E-state index contributed by atoms with van der Waals surface area (Å²) in [7, 11) is -4.19. The Morgan fingerprint density at radius 1 is 0.976 bits per heavy atom. The smallest absolute Gasteiger partial charge is 0.264 e. The molecule has 0 bridgehead atoms. The molecule has 0 aliphatic rings. The van der Waals surface area contributed by atoms with Gasteiger partial charge in [0.2, 0.25) is 11.8 Å². The standard InChI is InChI=1S/C30H35Cl2N3O5S/c1-5-17-33-30(37)22(4)34(19-23-9-10-24(31)18-28(23)32)29(36)20-35(25-11-7-21(3)8-12-25)41(38,39)27-15-13-26(14-16-27)40-6-2/h7-16,18,22H,5-6,17,19-20H2,1-4H3,(H,33,37). The predicted octanol–water partition coefficient (Wildman–Crippen LogP) is 5.84. The minimum atomic E-state index is -4.19. The van der Waals surface area contributed by atoms with Crippen LogP contribution in [0.2, 0.25) is 10.0 Å². The van der Waals surface area contributed by atoms with Crippen molar-refractivity contribution in [3.63, 3.8) is 0 Å². The van der Waals surface area contributed by atoms with Crippen LogP contribution in [0.3, 0.4) is 0 Å². The van der Waals surface area contributed by atoms with Gasteiger partial charge < -0.3 is 15.0 Å². The molecule has 3 rings (SSSR count). The quantitative estimate of drug-likeness (QED) is 0.259. The first-order valence-electron chi connectivity index (χ1n) is 13.3. The molecule has 220 valence electrons. The van der Waals surface area contributed by atoms with Crippen LogP contribution in [0, 0.1) is 6.92 Å². The summed E-state index contributed by atoms with van der Waals surface area (Å²) in [5.74, 6) is -0.408. The van der Waals surface area contributed by atoms with Crippen molar-refractivity contribution >= 4 is 50.7 Å². The summed E-state index contributed by atoms with van der Waals surface area (Å²) in [5, 5.41) is 3.56. The van der Waals surface area contributed by atoms with Crippen LogP contribution in [0.4, 0.5) is 5.69 Å². The highest BCUT2D eigenvalue weighted by Crippen LogP contribution is 2.27. The number of amides is 2. The van der Waals surface area contributed by atoms with Gasteiger partial charge in [-0.2, -0.15) is 0 Å². The summed E-state index contributed by atoms with van der Waals surface area (Å²) in [4.78, 5) is 28.3. The van der Waals surface area contributed by atoms with Crippen molar-refractivity contribution < 1.29 is 22.7 Å². The van der Waals surface area contributed by atoms with Crippen LogP contribution < -0.4 is 14.4 Å². The van der Waals surface area contributed by atoms with E-state index in [9.17, 15) is 18.0 Å². The Bertz CT molecular complexity index is 1450. The minimum absolute atomic E-state index is 0.00430. The first kappa shape index (κ1) is 32.2. The Labute approximate surface area is 252 Å². The summed E-state index contributed by atoms with van der Waals surface area (Å²) in [6, 6.07) is 16.8. The number of carbonyl (C=O) groups is 2. The number of carbonyl (C=O) groups excluding carboxylic acids is 2. The molecule has 0 aromatic heterocycles. The molecule has 2 amide bonds. The van der Waals surface area contributed by atoms with Gasteiger partial charge >= 0.3 is 0 Å². The maximum Gasteiger partial charge on any atom is 0.264 e. The van der Waals surface area contributed by atoms with E-state index in [0.29, 0.717) is 40.2 Å². The number of ether oxygens (including phenoxy) is 1. The third kappa shape index (κ3) is 8.38. The SMILES string of the molecule is CCCNC(=O)C(C)N(Cc1ccc(Cl)cc1Cl)C(=O)CN(c1ccc(C)cc1)S(=O)(=O)c1ccc(OCC)cc1. The summed E-state index contributed by atoms with van der Waals surface area (Å²) in [6.07, 6.45) is 0.719. The van der Waals surface area contributed by atoms with Crippen LogP contribution in [0.5, 0.6) is 5.75 Å². The fraction of sp³-hybridized carbons (Fsp3) is 0.333. The maximum absolute atomic E-state index is 14.0. The zero-order valence-electron chi connectivity index (χ0n) is 23.6. The second-order valence-corrected chi connectivity index (χ2v) is 12.2. The molecule has 1 atom stereocenters. The molecule has 0 saturated carbocycles. The zero-order valence-corrected chi connectivity index (χ0v) is 25.9. The molecule has 0 heterocycles. The fourth-order valence-corrected chi connectivity index (χ4v) is 5.94. The molecule has 0 aliphatic heterocycles. The molecule has 0 spiro atoms. The van der Waals surface area contributed by atoms with E-state index < -0.39 is 28.5 Å². The Balaban J connectivity index is 2.02. The van der Waals surface area contributed by atoms with Gasteiger partial charge in [0.05, 0.1) is 17.2 Å². The molecule has 3 aromatic carbocycles. The summed E-state index contributed by atoms with van der Waals surface area (Å²) >= 11 is 12.5. The number of benzene rings is 3. The number of hydrogen-bond donors (Lipinski definition) is 1. The number of hydrogen-bond acceptors (Lipinski definition) is 5. The largest absolute Gasteiger partial charge is 0.494 e. The number of halogens is 2. The molecule has 1 unspecified atom stereocenters. The van der Waals surface area contributed by atoms with Crippen molar-refractivity contribution in [2.45, 2.75) is 51.6 Å². The number of nitrogens with one attached hydrogen (secondary N) is 1. The van der Waals surface area contributed by atoms with Crippen molar-refractivity contribution in [1.82, 2.24) is 10.2 Å². The van der Waals surface area contributed by atoms with Crippen LogP contribution in [0.25, 0.3) is 0 Å². The van der Waals surface area contributed by atoms with E-state index in [4.69, 9.17) is 27.9 Å². The third-order valence-electron chi connectivity index (χ3n) is 6.40. The van der Waals surface area contributed by atoms with Crippen LogP contribution in [0.15, 0.2) is 71.6 Å². The van der Waals surface area contributed by atoms with E-state index in [0.717, 1.165) is 16.3 Å². The molecule has 0 radical (unpaired) electrons. The molecule has 41 heavy (non-hydrogen) atoms. The van der Waals surface area contributed by atoms with Crippen molar-refractivity contribution in [2.24, 2.45) is 0 Å². The number of anilines is 1. The number of nitrogens with zero attached hydrogens (tertiary/aromatic N) is 2. The van der Waals surface area contributed by atoms with Gasteiger partial charge in [-0.05, 0) is 81.3 Å². The Morgan fingerprint density at radius 3 is 2.22 bits per heavy atom. The number of rotatable bonds is 13. The number of sulfonamides is 1. The molecular formula is C30H35Cl2N3O5S. The zero-order chi connectivity index (χ0) is 30.2. The molecular weight excluding hydrogens is 585 g/mol. The average molecular weight is 621 g/mol. The van der Waals surface area contributed by atoms with Crippen molar-refractivity contribution in [3.8, 4) is 5.75 Å². The van der Waals surface area contributed by atoms with Gasteiger partial charge in [-0.3, -0.25) is 13.9 Å². The Kier molecular flexibility index (Phi) is 11.5. The van der Waals surface area contributed by atoms with Crippen LogP contribution in [-0.2, 0) is 26.2 Å². The lowest BCUT2D eigenvalue weighted by Crippen LogP contribution is -2.51. The van der Waals surface area contributed by atoms with Gasteiger partial charge in [0.15, 0.2) is 0 Å². The second-order valence-electron chi connectivity index (χ2n) is 9.48. The topological polar surface area (TPSA) is 96.0 Å².